The molecule has 17 heavy (non-hydrogen) atoms. The number of nitro benzene ring substituents is 1. The molecule has 1 aromatic rings. The molecule has 1 aliphatic rings. The van der Waals surface area contributed by atoms with Crippen LogP contribution in [0.5, 0.6) is 0 Å². The highest BCUT2D eigenvalue weighted by atomic mass is 127. The van der Waals surface area contributed by atoms with Gasteiger partial charge < -0.3 is 11.1 Å². The van der Waals surface area contributed by atoms with Gasteiger partial charge in [-0.1, -0.05) is 0 Å². The second kappa shape index (κ2) is 5.18. The van der Waals surface area contributed by atoms with Crippen molar-refractivity contribution in [3.63, 3.8) is 0 Å². The molecule has 6 heteroatoms. The lowest BCUT2D eigenvalue weighted by atomic mass is 10.1. The number of anilines is 1. The summed E-state index contributed by atoms with van der Waals surface area (Å²) < 4.78 is 0.643. The SMILES string of the molecule is NC1CCCC1Nc1ccc([N+](=O)[O-])c(I)c1. The average Bonchev–Trinajstić information content (AvgIpc) is 2.64. The van der Waals surface area contributed by atoms with Crippen molar-refractivity contribution in [2.75, 3.05) is 5.32 Å². The van der Waals surface area contributed by atoms with Gasteiger partial charge in [-0.2, -0.15) is 0 Å². The van der Waals surface area contributed by atoms with Crippen LogP contribution in [0.3, 0.4) is 0 Å². The topological polar surface area (TPSA) is 81.2 Å². The van der Waals surface area contributed by atoms with Crippen LogP contribution in [0.25, 0.3) is 0 Å². The summed E-state index contributed by atoms with van der Waals surface area (Å²) in [6, 6.07) is 5.54. The van der Waals surface area contributed by atoms with E-state index in [0.29, 0.717) is 3.57 Å². The first kappa shape index (κ1) is 12.6. The molecule has 1 fully saturated rings. The van der Waals surface area contributed by atoms with E-state index < -0.39 is 0 Å². The van der Waals surface area contributed by atoms with Crippen LogP contribution in [0.15, 0.2) is 18.2 Å². The van der Waals surface area contributed by atoms with Gasteiger partial charge >= 0.3 is 0 Å². The summed E-state index contributed by atoms with van der Waals surface area (Å²) in [5.41, 5.74) is 7.02. The zero-order chi connectivity index (χ0) is 12.4. The highest BCUT2D eigenvalue weighted by Crippen LogP contribution is 2.27. The number of nitrogens with two attached hydrogens (primary N) is 1. The van der Waals surface area contributed by atoms with E-state index in [0.717, 1.165) is 24.9 Å². The van der Waals surface area contributed by atoms with Gasteiger partial charge in [0.25, 0.3) is 5.69 Å². The number of rotatable bonds is 3. The van der Waals surface area contributed by atoms with Crippen LogP contribution in [0.4, 0.5) is 11.4 Å². The van der Waals surface area contributed by atoms with E-state index in [1.54, 1.807) is 12.1 Å². The molecular formula is C11H14IN3O2. The number of nitro groups is 1. The van der Waals surface area contributed by atoms with E-state index >= 15 is 0 Å². The molecule has 2 atom stereocenters. The Hall–Kier alpha value is -0.890. The first-order chi connectivity index (χ1) is 8.08. The maximum absolute atomic E-state index is 10.7. The molecule has 1 saturated carbocycles. The van der Waals surface area contributed by atoms with Crippen LogP contribution in [-0.2, 0) is 0 Å². The molecular weight excluding hydrogens is 333 g/mol. The third-order valence-electron chi connectivity index (χ3n) is 3.07. The van der Waals surface area contributed by atoms with E-state index in [-0.39, 0.29) is 22.7 Å². The lowest BCUT2D eigenvalue weighted by molar-refractivity contribution is -0.385. The van der Waals surface area contributed by atoms with Crippen molar-refractivity contribution in [3.8, 4) is 0 Å². The number of nitrogens with one attached hydrogen (secondary N) is 1. The first-order valence-corrected chi connectivity index (χ1v) is 6.62. The Bertz CT molecular complexity index is 439. The molecule has 0 radical (unpaired) electrons. The summed E-state index contributed by atoms with van der Waals surface area (Å²) in [5.74, 6) is 0. The van der Waals surface area contributed by atoms with Crippen molar-refractivity contribution in [1.29, 1.82) is 0 Å². The molecule has 0 spiro atoms. The van der Waals surface area contributed by atoms with Crippen LogP contribution in [0.1, 0.15) is 19.3 Å². The van der Waals surface area contributed by atoms with Gasteiger partial charge in [0.1, 0.15) is 0 Å². The molecule has 0 heterocycles. The van der Waals surface area contributed by atoms with Crippen molar-refractivity contribution < 1.29 is 4.92 Å². The lowest BCUT2D eigenvalue weighted by Gasteiger charge is -2.18. The molecule has 1 aliphatic carbocycles. The van der Waals surface area contributed by atoms with E-state index in [9.17, 15) is 10.1 Å². The van der Waals surface area contributed by atoms with E-state index in [4.69, 9.17) is 5.73 Å². The minimum absolute atomic E-state index is 0.145. The summed E-state index contributed by atoms with van der Waals surface area (Å²) in [6.07, 6.45) is 3.25. The molecule has 0 aliphatic heterocycles. The minimum atomic E-state index is -0.368. The van der Waals surface area contributed by atoms with Gasteiger partial charge in [0, 0.05) is 23.8 Å². The molecule has 2 rings (SSSR count). The second-order valence-corrected chi connectivity index (χ2v) is 5.43. The van der Waals surface area contributed by atoms with Gasteiger partial charge in [0.2, 0.25) is 0 Å². The van der Waals surface area contributed by atoms with Gasteiger partial charge in [0.05, 0.1) is 8.49 Å². The average molecular weight is 347 g/mol. The standard InChI is InChI=1S/C11H14IN3O2/c12-8-6-7(4-5-11(8)15(16)17)14-10-3-1-2-9(10)13/h4-6,9-10,14H,1-3,13H2. The van der Waals surface area contributed by atoms with Crippen molar-refractivity contribution in [3.05, 3.63) is 31.9 Å². The first-order valence-electron chi connectivity index (χ1n) is 5.54. The largest absolute Gasteiger partial charge is 0.381 e. The summed E-state index contributed by atoms with van der Waals surface area (Å²) in [5, 5.41) is 14.0. The molecule has 3 N–H and O–H groups in total. The Morgan fingerprint density at radius 3 is 2.76 bits per heavy atom. The smallest absolute Gasteiger partial charge is 0.282 e. The van der Waals surface area contributed by atoms with E-state index in [1.165, 1.54) is 6.07 Å². The summed E-state index contributed by atoms with van der Waals surface area (Å²) in [6.45, 7) is 0. The highest BCUT2D eigenvalue weighted by Gasteiger charge is 2.24. The molecule has 0 bridgehead atoms. The number of hydrogen-bond acceptors (Lipinski definition) is 4. The fourth-order valence-corrected chi connectivity index (χ4v) is 2.84. The van der Waals surface area contributed by atoms with Crippen LogP contribution in [0.2, 0.25) is 0 Å². The van der Waals surface area contributed by atoms with Gasteiger partial charge in [0.15, 0.2) is 0 Å². The van der Waals surface area contributed by atoms with Crippen molar-refractivity contribution in [2.24, 2.45) is 5.73 Å². The Labute approximate surface area is 113 Å². The van der Waals surface area contributed by atoms with Crippen LogP contribution < -0.4 is 11.1 Å². The summed E-state index contributed by atoms with van der Waals surface area (Å²) >= 11 is 1.98. The van der Waals surface area contributed by atoms with E-state index in [1.807, 2.05) is 22.6 Å². The van der Waals surface area contributed by atoms with Crippen molar-refractivity contribution in [2.45, 2.75) is 31.3 Å². The quantitative estimate of drug-likeness (QED) is 0.500. The number of nitrogens with zero attached hydrogens (tertiary/aromatic N) is 1. The summed E-state index contributed by atoms with van der Waals surface area (Å²) in [7, 11) is 0. The number of benzene rings is 1. The Morgan fingerprint density at radius 1 is 1.47 bits per heavy atom. The maximum atomic E-state index is 10.7. The zero-order valence-corrected chi connectivity index (χ0v) is 11.4. The molecule has 0 amide bonds. The fourth-order valence-electron chi connectivity index (χ4n) is 2.13. The fraction of sp³-hybridized carbons (Fsp3) is 0.455. The summed E-state index contributed by atoms with van der Waals surface area (Å²) in [4.78, 5) is 10.3. The maximum Gasteiger partial charge on any atom is 0.282 e. The monoisotopic (exact) mass is 347 g/mol. The predicted octanol–water partition coefficient (Wildman–Crippen LogP) is 2.49. The van der Waals surface area contributed by atoms with E-state index in [2.05, 4.69) is 5.32 Å². The second-order valence-electron chi connectivity index (χ2n) is 4.27. The van der Waals surface area contributed by atoms with Crippen molar-refractivity contribution >= 4 is 34.0 Å². The van der Waals surface area contributed by atoms with Gasteiger partial charge in [-0.25, -0.2) is 0 Å². The minimum Gasteiger partial charge on any atom is -0.381 e. The third-order valence-corrected chi connectivity index (χ3v) is 3.93. The van der Waals surface area contributed by atoms with Crippen LogP contribution >= 0.6 is 22.6 Å². The Balaban J connectivity index is 2.12. The molecule has 92 valence electrons. The normalized spacial score (nSPS) is 23.6. The molecule has 2 unspecified atom stereocenters. The Morgan fingerprint density at radius 2 is 2.24 bits per heavy atom. The van der Waals surface area contributed by atoms with Crippen LogP contribution in [0, 0.1) is 13.7 Å². The highest BCUT2D eigenvalue weighted by molar-refractivity contribution is 14.1. The van der Waals surface area contributed by atoms with Gasteiger partial charge in [-0.15, -0.1) is 0 Å². The van der Waals surface area contributed by atoms with Crippen molar-refractivity contribution in [1.82, 2.24) is 0 Å². The Kier molecular flexibility index (Phi) is 3.82. The molecule has 1 aromatic carbocycles. The number of halogens is 1. The molecule has 0 saturated heterocycles. The van der Waals surface area contributed by atoms with Crippen LogP contribution in [-0.4, -0.2) is 17.0 Å². The predicted molar refractivity (Wildman–Crippen MR) is 75.1 cm³/mol. The lowest BCUT2D eigenvalue weighted by Crippen LogP contribution is -2.35. The number of hydrogen-bond donors (Lipinski definition) is 2. The zero-order valence-electron chi connectivity index (χ0n) is 9.23. The van der Waals surface area contributed by atoms with Gasteiger partial charge in [-0.05, 0) is 54.0 Å². The van der Waals surface area contributed by atoms with Gasteiger partial charge in [-0.3, -0.25) is 10.1 Å². The third kappa shape index (κ3) is 2.86. The molecule has 5 nitrogen and oxygen atoms in total. The molecule has 0 aromatic heterocycles.